The zero-order valence-electron chi connectivity index (χ0n) is 6.71. The Balaban J connectivity index is 2.81. The van der Waals surface area contributed by atoms with Crippen LogP contribution in [-0.4, -0.2) is 20.7 Å². The van der Waals surface area contributed by atoms with Gasteiger partial charge in [-0.3, -0.25) is 0 Å². The molecule has 0 aliphatic carbocycles. The zero-order valence-corrected chi connectivity index (χ0v) is 6.71. The molecule has 1 rings (SSSR count). The lowest BCUT2D eigenvalue weighted by Gasteiger charge is -2.00. The van der Waals surface area contributed by atoms with Gasteiger partial charge in [-0.2, -0.15) is 0 Å². The van der Waals surface area contributed by atoms with Crippen LogP contribution in [0, 0.1) is 0 Å². The molecular weight excluding hydrogens is 158 g/mol. The van der Waals surface area contributed by atoms with Crippen molar-refractivity contribution in [1.29, 1.82) is 0 Å². The molecule has 0 unspecified atom stereocenters. The van der Waals surface area contributed by atoms with Crippen LogP contribution in [0.1, 0.15) is 10.4 Å². The Kier molecular flexibility index (Phi) is 2.85. The highest BCUT2D eigenvalue weighted by molar-refractivity contribution is 6.32. The van der Waals surface area contributed by atoms with Crippen molar-refractivity contribution in [3.05, 3.63) is 29.8 Å². The molecule has 1 aromatic rings. The highest BCUT2D eigenvalue weighted by Crippen LogP contribution is 1.98. The van der Waals surface area contributed by atoms with E-state index in [2.05, 4.69) is 4.74 Å². The first-order chi connectivity index (χ1) is 5.74. The Morgan fingerprint density at radius 1 is 1.58 bits per heavy atom. The Hall–Kier alpha value is -1.32. The van der Waals surface area contributed by atoms with Gasteiger partial charge in [-0.05, 0) is 6.07 Å². The molecule has 2 nitrogen and oxygen atoms in total. The Bertz CT molecular complexity index is 288. The Labute approximate surface area is 70.8 Å². The fourth-order valence-corrected chi connectivity index (χ4v) is 0.905. The van der Waals surface area contributed by atoms with Crippen LogP contribution in [0.25, 0.3) is 0 Å². The van der Waals surface area contributed by atoms with E-state index in [-0.39, 0.29) is 0 Å². The molecule has 0 spiro atoms. The minimum absolute atomic E-state index is 0.382. The molecule has 0 aliphatic rings. The first kappa shape index (κ1) is 8.78. The first-order valence-electron chi connectivity index (χ1n) is 3.54. The fraction of sp³-hybridized carbons (Fsp3) is 0.125. The van der Waals surface area contributed by atoms with Gasteiger partial charge in [0.15, 0.2) is 0 Å². The molecule has 0 heterocycles. The molecule has 0 radical (unpaired) electrons. The van der Waals surface area contributed by atoms with Gasteiger partial charge in [0.2, 0.25) is 6.86 Å². The third-order valence-electron chi connectivity index (χ3n) is 1.44. The number of alkyl halides is 1. The second-order valence-electron chi connectivity index (χ2n) is 2.41. The zero-order chi connectivity index (χ0) is 8.97. The molecule has 0 bridgehead atoms. The van der Waals surface area contributed by atoms with Crippen LogP contribution in [0.5, 0.6) is 0 Å². The number of carbonyl (C=O) groups is 1. The van der Waals surface area contributed by atoms with Crippen molar-refractivity contribution < 1.29 is 13.9 Å². The molecule has 0 aliphatic heterocycles. The maximum atomic E-state index is 11.6. The quantitative estimate of drug-likeness (QED) is 0.457. The normalized spacial score (nSPS) is 9.42. The van der Waals surface area contributed by atoms with E-state index in [0.29, 0.717) is 5.56 Å². The molecular formula is C8H8BFO2. The minimum atomic E-state index is -1.08. The van der Waals surface area contributed by atoms with Crippen LogP contribution >= 0.6 is 0 Å². The summed E-state index contributed by atoms with van der Waals surface area (Å²) < 4.78 is 15.8. The number of halogens is 1. The monoisotopic (exact) mass is 166 g/mol. The summed E-state index contributed by atoms with van der Waals surface area (Å²) in [4.78, 5) is 10.9. The smallest absolute Gasteiger partial charge is 0.340 e. The van der Waals surface area contributed by atoms with Crippen molar-refractivity contribution in [2.45, 2.75) is 0 Å². The second-order valence-corrected chi connectivity index (χ2v) is 2.41. The summed E-state index contributed by atoms with van der Waals surface area (Å²) in [5.41, 5.74) is 1.33. The SMILES string of the molecule is Bc1cccc(C(=O)OCF)c1. The lowest BCUT2D eigenvalue weighted by atomic mass is 9.94. The van der Waals surface area contributed by atoms with Crippen LogP contribution in [-0.2, 0) is 4.74 Å². The summed E-state index contributed by atoms with van der Waals surface area (Å²) in [6, 6.07) is 6.82. The number of hydrogen-bond donors (Lipinski definition) is 0. The number of carbonyl (C=O) groups excluding carboxylic acids is 1. The molecule has 0 N–H and O–H groups in total. The number of ether oxygens (including phenoxy) is 1. The lowest BCUT2D eigenvalue weighted by Crippen LogP contribution is -2.09. The van der Waals surface area contributed by atoms with Crippen LogP contribution < -0.4 is 5.46 Å². The minimum Gasteiger partial charge on any atom is -0.430 e. The van der Waals surface area contributed by atoms with Gasteiger partial charge >= 0.3 is 5.97 Å². The van der Waals surface area contributed by atoms with Crippen molar-refractivity contribution in [3.63, 3.8) is 0 Å². The van der Waals surface area contributed by atoms with Crippen molar-refractivity contribution in [2.75, 3.05) is 6.86 Å². The summed E-state index contributed by atoms with van der Waals surface area (Å²) in [5.74, 6) is -0.624. The van der Waals surface area contributed by atoms with Gasteiger partial charge in [-0.25, -0.2) is 9.18 Å². The van der Waals surface area contributed by atoms with E-state index in [1.54, 1.807) is 18.2 Å². The van der Waals surface area contributed by atoms with Crippen LogP contribution in [0.2, 0.25) is 0 Å². The Morgan fingerprint density at radius 3 is 2.92 bits per heavy atom. The highest BCUT2D eigenvalue weighted by Gasteiger charge is 2.05. The van der Waals surface area contributed by atoms with Crippen LogP contribution in [0.15, 0.2) is 24.3 Å². The molecule has 0 saturated carbocycles. The average Bonchev–Trinajstić information content (AvgIpc) is 2.05. The van der Waals surface area contributed by atoms with Gasteiger partial charge in [-0.1, -0.05) is 23.7 Å². The third kappa shape index (κ3) is 2.08. The molecule has 12 heavy (non-hydrogen) atoms. The number of benzene rings is 1. The van der Waals surface area contributed by atoms with Gasteiger partial charge in [0.25, 0.3) is 0 Å². The first-order valence-corrected chi connectivity index (χ1v) is 3.54. The van der Waals surface area contributed by atoms with E-state index < -0.39 is 12.8 Å². The van der Waals surface area contributed by atoms with Crippen molar-refractivity contribution in [3.8, 4) is 0 Å². The predicted molar refractivity (Wildman–Crippen MR) is 46.0 cm³/mol. The molecule has 1 aromatic carbocycles. The molecule has 0 saturated heterocycles. The molecule has 0 amide bonds. The fourth-order valence-electron chi connectivity index (χ4n) is 0.905. The Morgan fingerprint density at radius 2 is 2.33 bits per heavy atom. The van der Waals surface area contributed by atoms with E-state index in [0.717, 1.165) is 5.46 Å². The predicted octanol–water partition coefficient (Wildman–Crippen LogP) is 0.0288. The van der Waals surface area contributed by atoms with Crippen molar-refractivity contribution in [2.24, 2.45) is 0 Å². The molecule has 0 fully saturated rings. The van der Waals surface area contributed by atoms with Crippen molar-refractivity contribution in [1.82, 2.24) is 0 Å². The van der Waals surface area contributed by atoms with E-state index in [1.165, 1.54) is 0 Å². The lowest BCUT2D eigenvalue weighted by molar-refractivity contribution is 0.0324. The number of esters is 1. The van der Waals surface area contributed by atoms with Crippen LogP contribution in [0.3, 0.4) is 0 Å². The number of hydrogen-bond acceptors (Lipinski definition) is 2. The van der Waals surface area contributed by atoms with Gasteiger partial charge < -0.3 is 4.74 Å². The van der Waals surface area contributed by atoms with Gasteiger partial charge in [0, 0.05) is 0 Å². The van der Waals surface area contributed by atoms with Crippen LogP contribution in [0.4, 0.5) is 4.39 Å². The molecule has 0 atom stereocenters. The summed E-state index contributed by atoms with van der Waals surface area (Å²) in [6.45, 7) is -1.08. The standard InChI is InChI=1S/C8H8BFO2/c9-7-3-1-2-6(4-7)8(11)12-5-10/h1-4H,5,9H2. The summed E-state index contributed by atoms with van der Waals surface area (Å²) in [7, 11) is 1.85. The van der Waals surface area contributed by atoms with E-state index in [4.69, 9.17) is 0 Å². The van der Waals surface area contributed by atoms with E-state index >= 15 is 0 Å². The summed E-state index contributed by atoms with van der Waals surface area (Å²) >= 11 is 0. The third-order valence-corrected chi connectivity index (χ3v) is 1.44. The summed E-state index contributed by atoms with van der Waals surface area (Å²) in [5, 5.41) is 0. The maximum Gasteiger partial charge on any atom is 0.340 e. The topological polar surface area (TPSA) is 26.3 Å². The molecule has 4 heteroatoms. The van der Waals surface area contributed by atoms with Gasteiger partial charge in [0.05, 0.1) is 5.56 Å². The van der Waals surface area contributed by atoms with E-state index in [1.807, 2.05) is 13.9 Å². The highest BCUT2D eigenvalue weighted by atomic mass is 19.1. The summed E-state index contributed by atoms with van der Waals surface area (Å²) in [6.07, 6.45) is 0. The molecule has 0 aromatic heterocycles. The number of rotatable bonds is 2. The maximum absolute atomic E-state index is 11.6. The molecule has 62 valence electrons. The van der Waals surface area contributed by atoms with Gasteiger partial charge in [0.1, 0.15) is 7.85 Å². The largest absolute Gasteiger partial charge is 0.430 e. The second kappa shape index (κ2) is 3.90. The average molecular weight is 166 g/mol. The van der Waals surface area contributed by atoms with Crippen molar-refractivity contribution >= 4 is 19.3 Å². The van der Waals surface area contributed by atoms with Gasteiger partial charge in [-0.15, -0.1) is 0 Å². The van der Waals surface area contributed by atoms with E-state index in [9.17, 15) is 9.18 Å².